The van der Waals surface area contributed by atoms with Gasteiger partial charge in [-0.3, -0.25) is 15.0 Å². The second-order valence-electron chi connectivity index (χ2n) is 2.67. The van der Waals surface area contributed by atoms with Gasteiger partial charge in [0.2, 0.25) is 0 Å². The third-order valence-corrected chi connectivity index (χ3v) is 2.20. The molecule has 0 heterocycles. The van der Waals surface area contributed by atoms with Crippen molar-refractivity contribution < 1.29 is 18.4 Å². The zero-order chi connectivity index (χ0) is 12.3. The van der Waals surface area contributed by atoms with Crippen LogP contribution in [0.1, 0.15) is 0 Å². The first kappa shape index (κ1) is 12.5. The molecule has 2 amide bonds. The zero-order valence-corrected chi connectivity index (χ0v) is 9.27. The maximum atomic E-state index is 13.2. The Bertz CT molecular complexity index is 453. The molecular formula is C8H6BrF2N3O2. The van der Waals surface area contributed by atoms with Gasteiger partial charge in [0.15, 0.2) is 0 Å². The number of hydrogen-bond donors (Lipinski definition) is 3. The standard InChI is InChI=1S/C8H6BrF2N3O2/c9-3-1-5(11)6(2-4(3)10)13-7(15)8(16)14-12/h1-2H,12H2,(H,13,15)(H,14,16). The van der Waals surface area contributed by atoms with Crippen molar-refractivity contribution in [3.05, 3.63) is 28.2 Å². The fourth-order valence-corrected chi connectivity index (χ4v) is 1.18. The summed E-state index contributed by atoms with van der Waals surface area (Å²) in [6.45, 7) is 0. The Balaban J connectivity index is 2.94. The maximum absolute atomic E-state index is 13.2. The van der Waals surface area contributed by atoms with Gasteiger partial charge in [0.1, 0.15) is 11.6 Å². The largest absolute Gasteiger partial charge is 0.323 e. The monoisotopic (exact) mass is 293 g/mol. The summed E-state index contributed by atoms with van der Waals surface area (Å²) in [7, 11) is 0. The summed E-state index contributed by atoms with van der Waals surface area (Å²) in [5.74, 6) is 0.671. The van der Waals surface area contributed by atoms with Crippen molar-refractivity contribution in [2.24, 2.45) is 5.84 Å². The Labute approximate surface area is 97.1 Å². The number of amides is 2. The molecule has 0 aromatic heterocycles. The fraction of sp³-hybridized carbons (Fsp3) is 0. The minimum Gasteiger partial charge on any atom is -0.315 e. The highest BCUT2D eigenvalue weighted by Gasteiger charge is 2.15. The minimum atomic E-state index is -1.19. The van der Waals surface area contributed by atoms with E-state index in [2.05, 4.69) is 21.8 Å². The molecular weight excluding hydrogens is 288 g/mol. The number of nitrogens with one attached hydrogen (secondary N) is 2. The van der Waals surface area contributed by atoms with Crippen LogP contribution in [0.15, 0.2) is 16.6 Å². The van der Waals surface area contributed by atoms with Gasteiger partial charge in [-0.1, -0.05) is 0 Å². The quantitative estimate of drug-likeness (QED) is 0.234. The molecule has 86 valence electrons. The normalized spacial score (nSPS) is 9.75. The molecule has 0 bridgehead atoms. The van der Waals surface area contributed by atoms with Crippen molar-refractivity contribution in [3.8, 4) is 0 Å². The zero-order valence-electron chi connectivity index (χ0n) is 7.68. The molecule has 0 atom stereocenters. The number of anilines is 1. The van der Waals surface area contributed by atoms with E-state index in [9.17, 15) is 18.4 Å². The molecule has 1 aromatic rings. The predicted molar refractivity (Wildman–Crippen MR) is 55.0 cm³/mol. The van der Waals surface area contributed by atoms with E-state index in [0.717, 1.165) is 12.1 Å². The topological polar surface area (TPSA) is 84.2 Å². The second-order valence-corrected chi connectivity index (χ2v) is 3.53. The molecule has 1 aromatic carbocycles. The number of hydrogen-bond acceptors (Lipinski definition) is 3. The van der Waals surface area contributed by atoms with Crippen LogP contribution in [-0.2, 0) is 9.59 Å². The summed E-state index contributed by atoms with van der Waals surface area (Å²) in [4.78, 5) is 21.7. The lowest BCUT2D eigenvalue weighted by Gasteiger charge is -2.06. The van der Waals surface area contributed by atoms with Crippen LogP contribution in [-0.4, -0.2) is 11.8 Å². The average molecular weight is 294 g/mol. The Morgan fingerprint density at radius 3 is 2.38 bits per heavy atom. The van der Waals surface area contributed by atoms with Crippen LogP contribution in [0.4, 0.5) is 14.5 Å². The molecule has 8 heteroatoms. The van der Waals surface area contributed by atoms with Crippen LogP contribution in [0, 0.1) is 11.6 Å². The van der Waals surface area contributed by atoms with Crippen LogP contribution in [0.5, 0.6) is 0 Å². The first-order valence-corrected chi connectivity index (χ1v) is 4.71. The molecule has 0 saturated heterocycles. The second kappa shape index (κ2) is 4.99. The van der Waals surface area contributed by atoms with Gasteiger partial charge < -0.3 is 5.32 Å². The van der Waals surface area contributed by atoms with Gasteiger partial charge in [0, 0.05) is 6.07 Å². The highest BCUT2D eigenvalue weighted by molar-refractivity contribution is 9.10. The summed E-state index contributed by atoms with van der Waals surface area (Å²) in [6, 6.07) is 1.56. The number of rotatable bonds is 1. The first-order chi connectivity index (χ1) is 7.45. The van der Waals surface area contributed by atoms with Crippen molar-refractivity contribution in [1.29, 1.82) is 0 Å². The molecule has 0 aliphatic carbocycles. The van der Waals surface area contributed by atoms with E-state index in [0.29, 0.717) is 0 Å². The molecule has 0 radical (unpaired) electrons. The average Bonchev–Trinajstić information content (AvgIpc) is 2.24. The first-order valence-electron chi connectivity index (χ1n) is 3.92. The Morgan fingerprint density at radius 1 is 1.19 bits per heavy atom. The Morgan fingerprint density at radius 2 is 1.81 bits per heavy atom. The molecule has 0 spiro atoms. The summed E-state index contributed by atoms with van der Waals surface area (Å²) in [5.41, 5.74) is 1.10. The minimum absolute atomic E-state index is 0.0914. The molecule has 0 fully saturated rings. The molecule has 0 unspecified atom stereocenters. The number of halogens is 3. The smallest absolute Gasteiger partial charge is 0.315 e. The molecule has 4 N–H and O–H groups in total. The lowest BCUT2D eigenvalue weighted by molar-refractivity contribution is -0.136. The number of carbonyl (C=O) groups is 2. The molecule has 0 aliphatic heterocycles. The van der Waals surface area contributed by atoms with Crippen molar-refractivity contribution in [2.75, 3.05) is 5.32 Å². The summed E-state index contributed by atoms with van der Waals surface area (Å²) in [6.07, 6.45) is 0. The van der Waals surface area contributed by atoms with Crippen molar-refractivity contribution >= 4 is 33.4 Å². The van der Waals surface area contributed by atoms with E-state index in [-0.39, 0.29) is 4.47 Å². The van der Waals surface area contributed by atoms with Crippen molar-refractivity contribution in [3.63, 3.8) is 0 Å². The molecule has 0 saturated carbocycles. The number of hydrazine groups is 1. The van der Waals surface area contributed by atoms with Gasteiger partial charge in [-0.25, -0.2) is 14.6 Å². The SMILES string of the molecule is NNC(=O)C(=O)Nc1cc(F)c(Br)cc1F. The van der Waals surface area contributed by atoms with Crippen LogP contribution >= 0.6 is 15.9 Å². The van der Waals surface area contributed by atoms with Crippen molar-refractivity contribution in [1.82, 2.24) is 5.43 Å². The molecule has 5 nitrogen and oxygen atoms in total. The van der Waals surface area contributed by atoms with Gasteiger partial charge in [-0.05, 0) is 22.0 Å². The van der Waals surface area contributed by atoms with Crippen LogP contribution < -0.4 is 16.6 Å². The van der Waals surface area contributed by atoms with E-state index < -0.39 is 29.1 Å². The molecule has 1 rings (SSSR count). The van der Waals surface area contributed by atoms with Gasteiger partial charge in [-0.2, -0.15) is 0 Å². The fourth-order valence-electron chi connectivity index (χ4n) is 0.863. The third-order valence-electron chi connectivity index (χ3n) is 1.60. The van der Waals surface area contributed by atoms with E-state index >= 15 is 0 Å². The van der Waals surface area contributed by atoms with Crippen molar-refractivity contribution in [2.45, 2.75) is 0 Å². The highest BCUT2D eigenvalue weighted by Crippen LogP contribution is 2.23. The van der Waals surface area contributed by atoms with E-state index in [1.165, 1.54) is 0 Å². The van der Waals surface area contributed by atoms with Gasteiger partial charge in [0.25, 0.3) is 0 Å². The van der Waals surface area contributed by atoms with Gasteiger partial charge >= 0.3 is 11.8 Å². The van der Waals surface area contributed by atoms with Gasteiger partial charge in [-0.15, -0.1) is 0 Å². The Hall–Kier alpha value is -1.54. The molecule has 0 aliphatic rings. The van der Waals surface area contributed by atoms with Crippen LogP contribution in [0.2, 0.25) is 0 Å². The number of nitrogens with two attached hydrogens (primary N) is 1. The van der Waals surface area contributed by atoms with E-state index in [1.54, 1.807) is 5.43 Å². The maximum Gasteiger partial charge on any atom is 0.323 e. The van der Waals surface area contributed by atoms with E-state index in [4.69, 9.17) is 0 Å². The number of benzene rings is 1. The number of carbonyl (C=O) groups excluding carboxylic acids is 2. The van der Waals surface area contributed by atoms with Crippen LogP contribution in [0.3, 0.4) is 0 Å². The van der Waals surface area contributed by atoms with Gasteiger partial charge in [0.05, 0.1) is 10.2 Å². The summed E-state index contributed by atoms with van der Waals surface area (Å²) < 4.78 is 26.1. The predicted octanol–water partition coefficient (Wildman–Crippen LogP) is 0.656. The van der Waals surface area contributed by atoms with E-state index in [1.807, 2.05) is 5.32 Å². The summed E-state index contributed by atoms with van der Waals surface area (Å²) in [5, 5.41) is 1.86. The lowest BCUT2D eigenvalue weighted by Crippen LogP contribution is -2.39. The third kappa shape index (κ3) is 2.74. The highest BCUT2D eigenvalue weighted by atomic mass is 79.9. The summed E-state index contributed by atoms with van der Waals surface area (Å²) >= 11 is 2.76. The lowest BCUT2D eigenvalue weighted by atomic mass is 10.3. The van der Waals surface area contributed by atoms with Crippen LogP contribution in [0.25, 0.3) is 0 Å². The molecule has 16 heavy (non-hydrogen) atoms. The Kier molecular flexibility index (Phi) is 3.91.